The molecule has 0 radical (unpaired) electrons. The maximum Gasteiger partial charge on any atom is 0.224 e. The Balaban J connectivity index is 1.56. The molecule has 3 rings (SSSR count). The van der Waals surface area contributed by atoms with Crippen molar-refractivity contribution in [3.63, 3.8) is 0 Å². The quantitative estimate of drug-likeness (QED) is 0.738. The number of aryl methyl sites for hydroxylation is 1. The fourth-order valence-corrected chi connectivity index (χ4v) is 2.89. The molecule has 2 aromatic carbocycles. The van der Waals surface area contributed by atoms with Gasteiger partial charge in [-0.05, 0) is 60.0 Å². The van der Waals surface area contributed by atoms with Gasteiger partial charge in [0.2, 0.25) is 5.91 Å². The second kappa shape index (κ2) is 7.91. The average Bonchev–Trinajstić information content (AvgIpc) is 3.16. The average molecular weight is 347 g/mol. The summed E-state index contributed by atoms with van der Waals surface area (Å²) >= 11 is 0. The maximum atomic E-state index is 12.3. The zero-order chi connectivity index (χ0) is 18.5. The van der Waals surface area contributed by atoms with Crippen LogP contribution in [0, 0.1) is 6.92 Å². The van der Waals surface area contributed by atoms with Crippen LogP contribution in [0.15, 0.2) is 67.0 Å². The van der Waals surface area contributed by atoms with Crippen molar-refractivity contribution in [2.24, 2.45) is 0 Å². The number of carbonyl (C=O) groups excluding carboxylic acids is 1. The first kappa shape index (κ1) is 17.8. The predicted octanol–water partition coefficient (Wildman–Crippen LogP) is 3.71. The molecular weight excluding hydrogens is 322 g/mol. The molecule has 4 heteroatoms. The molecule has 0 fully saturated rings. The number of anilines is 1. The molecule has 0 saturated carbocycles. The second-order valence-electron chi connectivity index (χ2n) is 6.72. The maximum absolute atomic E-state index is 12.3. The van der Waals surface area contributed by atoms with E-state index < -0.39 is 0 Å². The van der Waals surface area contributed by atoms with Crippen molar-refractivity contribution in [3.05, 3.63) is 83.7 Å². The number of carbonyl (C=O) groups is 1. The third-order valence-corrected chi connectivity index (χ3v) is 4.52. The minimum atomic E-state index is 0.0369. The molecule has 26 heavy (non-hydrogen) atoms. The monoisotopic (exact) mass is 347 g/mol. The van der Waals surface area contributed by atoms with Crippen LogP contribution in [0.25, 0.3) is 5.69 Å². The first-order valence-corrected chi connectivity index (χ1v) is 8.79. The highest BCUT2D eigenvalue weighted by atomic mass is 16.1. The van der Waals surface area contributed by atoms with Crippen molar-refractivity contribution in [3.8, 4) is 5.69 Å². The smallest absolute Gasteiger partial charge is 0.224 e. The Bertz CT molecular complexity index is 865. The normalized spacial score (nSPS) is 10.6. The fraction of sp³-hybridized carbons (Fsp3) is 0.227. The molecule has 1 amide bonds. The number of nitrogens with one attached hydrogen (secondary N) is 1. The lowest BCUT2D eigenvalue weighted by atomic mass is 10.1. The van der Waals surface area contributed by atoms with Crippen LogP contribution in [0.5, 0.6) is 0 Å². The number of aromatic nitrogens is 1. The van der Waals surface area contributed by atoms with Crippen LogP contribution in [0.4, 0.5) is 5.69 Å². The number of nitrogens with zero attached hydrogens (tertiary/aromatic N) is 2. The van der Waals surface area contributed by atoms with Crippen LogP contribution in [0.2, 0.25) is 0 Å². The third-order valence-electron chi connectivity index (χ3n) is 4.52. The molecule has 0 unspecified atom stereocenters. The molecule has 0 spiro atoms. The van der Waals surface area contributed by atoms with E-state index >= 15 is 0 Å². The first-order valence-electron chi connectivity index (χ1n) is 8.79. The Morgan fingerprint density at radius 3 is 2.35 bits per heavy atom. The molecule has 1 aromatic heterocycles. The van der Waals surface area contributed by atoms with Crippen LogP contribution >= 0.6 is 0 Å². The van der Waals surface area contributed by atoms with Gasteiger partial charge >= 0.3 is 0 Å². The van der Waals surface area contributed by atoms with Crippen molar-refractivity contribution >= 4 is 11.6 Å². The molecule has 4 nitrogen and oxygen atoms in total. The van der Waals surface area contributed by atoms with E-state index in [2.05, 4.69) is 35.3 Å². The highest BCUT2D eigenvalue weighted by molar-refractivity contribution is 5.78. The van der Waals surface area contributed by atoms with Gasteiger partial charge in [-0.1, -0.05) is 18.2 Å². The van der Waals surface area contributed by atoms with Gasteiger partial charge in [0.05, 0.1) is 6.42 Å². The third kappa shape index (κ3) is 4.33. The molecule has 0 atom stereocenters. The Hall–Kier alpha value is -3.01. The Kier molecular flexibility index (Phi) is 5.42. The van der Waals surface area contributed by atoms with Crippen molar-refractivity contribution in [1.29, 1.82) is 0 Å². The van der Waals surface area contributed by atoms with E-state index in [1.807, 2.05) is 67.5 Å². The Labute approximate surface area is 155 Å². The van der Waals surface area contributed by atoms with Crippen LogP contribution < -0.4 is 10.2 Å². The van der Waals surface area contributed by atoms with Crippen LogP contribution in [-0.4, -0.2) is 24.6 Å². The minimum Gasteiger partial charge on any atom is -0.378 e. The van der Waals surface area contributed by atoms with E-state index in [4.69, 9.17) is 0 Å². The van der Waals surface area contributed by atoms with E-state index in [-0.39, 0.29) is 5.91 Å². The summed E-state index contributed by atoms with van der Waals surface area (Å²) in [5, 5.41) is 3.02. The number of hydrogen-bond donors (Lipinski definition) is 1. The Morgan fingerprint density at radius 2 is 1.73 bits per heavy atom. The number of rotatable bonds is 6. The van der Waals surface area contributed by atoms with E-state index in [9.17, 15) is 4.79 Å². The van der Waals surface area contributed by atoms with Crippen molar-refractivity contribution in [2.75, 3.05) is 19.0 Å². The Morgan fingerprint density at radius 1 is 1.04 bits per heavy atom. The highest BCUT2D eigenvalue weighted by Crippen LogP contribution is 2.17. The van der Waals surface area contributed by atoms with Crippen LogP contribution in [0.3, 0.4) is 0 Å². The van der Waals surface area contributed by atoms with Gasteiger partial charge in [-0.3, -0.25) is 4.79 Å². The second-order valence-corrected chi connectivity index (χ2v) is 6.72. The molecule has 1 heterocycles. The molecule has 0 aliphatic carbocycles. The van der Waals surface area contributed by atoms with E-state index in [0.29, 0.717) is 13.0 Å². The lowest BCUT2D eigenvalue weighted by molar-refractivity contribution is -0.120. The molecule has 1 N–H and O–H groups in total. The molecule has 0 saturated heterocycles. The van der Waals surface area contributed by atoms with Gasteiger partial charge in [0.1, 0.15) is 0 Å². The van der Waals surface area contributed by atoms with Crippen LogP contribution in [0.1, 0.15) is 16.7 Å². The van der Waals surface area contributed by atoms with Crippen molar-refractivity contribution < 1.29 is 4.79 Å². The fourth-order valence-electron chi connectivity index (χ4n) is 2.89. The molecule has 0 aliphatic rings. The summed E-state index contributed by atoms with van der Waals surface area (Å²) in [5.74, 6) is 0.0369. The zero-order valence-electron chi connectivity index (χ0n) is 15.6. The molecular formula is C22H25N3O. The van der Waals surface area contributed by atoms with E-state index in [1.54, 1.807) is 0 Å². The molecule has 0 aliphatic heterocycles. The van der Waals surface area contributed by atoms with Gasteiger partial charge < -0.3 is 14.8 Å². The molecule has 0 bridgehead atoms. The summed E-state index contributed by atoms with van der Waals surface area (Å²) < 4.78 is 2.05. The van der Waals surface area contributed by atoms with Gasteiger partial charge in [0.25, 0.3) is 0 Å². The number of hydrogen-bond acceptors (Lipinski definition) is 2. The van der Waals surface area contributed by atoms with Gasteiger partial charge in [-0.2, -0.15) is 0 Å². The summed E-state index contributed by atoms with van der Waals surface area (Å²) in [6.45, 7) is 2.63. The summed E-state index contributed by atoms with van der Waals surface area (Å²) in [4.78, 5) is 14.3. The minimum absolute atomic E-state index is 0.0369. The lowest BCUT2D eigenvalue weighted by Gasteiger charge is -2.15. The van der Waals surface area contributed by atoms with Crippen molar-refractivity contribution in [2.45, 2.75) is 19.9 Å². The summed E-state index contributed by atoms with van der Waals surface area (Å²) in [6.07, 6.45) is 4.40. The van der Waals surface area contributed by atoms with Crippen LogP contribution in [-0.2, 0) is 17.8 Å². The summed E-state index contributed by atoms with van der Waals surface area (Å²) in [5.41, 5.74) is 5.61. The summed E-state index contributed by atoms with van der Waals surface area (Å²) in [7, 11) is 4.05. The topological polar surface area (TPSA) is 37.3 Å². The summed E-state index contributed by atoms with van der Waals surface area (Å²) in [6, 6.07) is 18.4. The van der Waals surface area contributed by atoms with E-state index in [0.717, 1.165) is 16.8 Å². The first-order chi connectivity index (χ1) is 12.5. The zero-order valence-corrected chi connectivity index (χ0v) is 15.6. The van der Waals surface area contributed by atoms with Gasteiger partial charge in [0.15, 0.2) is 0 Å². The SMILES string of the molecule is Cc1cc(N(C)C)ccc1CNC(=O)Cc1ccc(-n2cccc2)cc1. The largest absolute Gasteiger partial charge is 0.378 e. The molecule has 134 valence electrons. The van der Waals surface area contributed by atoms with E-state index in [1.165, 1.54) is 11.3 Å². The van der Waals surface area contributed by atoms with Gasteiger partial charge in [-0.15, -0.1) is 0 Å². The standard InChI is InChI=1S/C22H25N3O/c1-17-14-21(24(2)3)11-8-19(17)16-23-22(26)15-18-6-9-20(10-7-18)25-12-4-5-13-25/h4-14H,15-16H2,1-3H3,(H,23,26). The number of amides is 1. The molecule has 3 aromatic rings. The van der Waals surface area contributed by atoms with Gasteiger partial charge in [0, 0.05) is 44.4 Å². The highest BCUT2D eigenvalue weighted by Gasteiger charge is 2.06. The van der Waals surface area contributed by atoms with Gasteiger partial charge in [-0.25, -0.2) is 0 Å². The van der Waals surface area contributed by atoms with Crippen molar-refractivity contribution in [1.82, 2.24) is 9.88 Å². The number of benzene rings is 2. The predicted molar refractivity (Wildman–Crippen MR) is 107 cm³/mol. The lowest BCUT2D eigenvalue weighted by Crippen LogP contribution is -2.25.